The first-order valence-electron chi connectivity index (χ1n) is 7.33. The van der Waals surface area contributed by atoms with Crippen LogP contribution in [0.25, 0.3) is 0 Å². The van der Waals surface area contributed by atoms with Crippen molar-refractivity contribution in [3.05, 3.63) is 59.2 Å². The fourth-order valence-corrected chi connectivity index (χ4v) is 2.16. The van der Waals surface area contributed by atoms with Gasteiger partial charge in [-0.3, -0.25) is 0 Å². The number of aromatic nitrogens is 2. The molecule has 4 heteroatoms. The van der Waals surface area contributed by atoms with Crippen LogP contribution in [0.5, 0.6) is 0 Å². The Balaban J connectivity index is 1.85. The third kappa shape index (κ3) is 4.62. The quantitative estimate of drug-likeness (QED) is 0.857. The molecule has 0 bridgehead atoms. The van der Waals surface area contributed by atoms with Crippen LogP contribution >= 0.6 is 0 Å². The van der Waals surface area contributed by atoms with E-state index < -0.39 is 6.10 Å². The first-order valence-corrected chi connectivity index (χ1v) is 7.33. The summed E-state index contributed by atoms with van der Waals surface area (Å²) in [6.07, 6.45) is 1.24. The second-order valence-electron chi connectivity index (χ2n) is 5.56. The lowest BCUT2D eigenvalue weighted by Crippen LogP contribution is -2.21. The van der Waals surface area contributed by atoms with Gasteiger partial charge >= 0.3 is 0 Å². The van der Waals surface area contributed by atoms with Crippen LogP contribution in [0.2, 0.25) is 0 Å². The largest absolute Gasteiger partial charge is 0.387 e. The minimum absolute atomic E-state index is 0.504. The molecule has 1 aromatic heterocycles. The Morgan fingerprint density at radius 3 is 2.38 bits per heavy atom. The number of benzene rings is 1. The summed E-state index contributed by atoms with van der Waals surface area (Å²) in [5.74, 6) is 1.27. The second kappa shape index (κ2) is 7.29. The summed E-state index contributed by atoms with van der Waals surface area (Å²) >= 11 is 0. The van der Waals surface area contributed by atoms with Crippen LogP contribution in [0.3, 0.4) is 0 Å². The number of hydrogen-bond acceptors (Lipinski definition) is 4. The van der Waals surface area contributed by atoms with Crippen molar-refractivity contribution in [3.8, 4) is 0 Å². The van der Waals surface area contributed by atoms with E-state index in [1.54, 1.807) is 6.20 Å². The van der Waals surface area contributed by atoms with E-state index in [2.05, 4.69) is 41.3 Å². The summed E-state index contributed by atoms with van der Waals surface area (Å²) in [5.41, 5.74) is 3.16. The number of rotatable bonds is 6. The molecular weight excluding hydrogens is 262 g/mol. The van der Waals surface area contributed by atoms with Gasteiger partial charge in [0, 0.05) is 19.3 Å². The lowest BCUT2D eigenvalue weighted by molar-refractivity contribution is 0.174. The molecule has 0 aliphatic heterocycles. The van der Waals surface area contributed by atoms with E-state index in [1.165, 1.54) is 5.56 Å². The zero-order chi connectivity index (χ0) is 15.2. The summed E-state index contributed by atoms with van der Waals surface area (Å²) in [7, 11) is 0. The van der Waals surface area contributed by atoms with Gasteiger partial charge in [-0.25, -0.2) is 9.97 Å². The molecule has 112 valence electrons. The molecule has 0 saturated carbocycles. The van der Waals surface area contributed by atoms with E-state index in [4.69, 9.17) is 0 Å². The van der Waals surface area contributed by atoms with Gasteiger partial charge in [-0.05, 0) is 30.0 Å². The van der Waals surface area contributed by atoms with Gasteiger partial charge in [-0.2, -0.15) is 0 Å². The maximum Gasteiger partial charge on any atom is 0.125 e. The van der Waals surface area contributed by atoms with Crippen LogP contribution in [-0.4, -0.2) is 21.6 Å². The zero-order valence-corrected chi connectivity index (χ0v) is 12.9. The first-order chi connectivity index (χ1) is 10.1. The van der Waals surface area contributed by atoms with Crippen molar-refractivity contribution in [1.82, 2.24) is 15.3 Å². The fourth-order valence-electron chi connectivity index (χ4n) is 2.16. The maximum absolute atomic E-state index is 10.2. The highest BCUT2D eigenvalue weighted by Gasteiger charge is 2.08. The molecule has 4 nitrogen and oxygen atoms in total. The molecule has 2 N–H and O–H groups in total. The monoisotopic (exact) mass is 285 g/mol. The number of aliphatic hydroxyl groups is 1. The molecule has 0 amide bonds. The number of aryl methyl sites for hydroxylation is 1. The summed E-state index contributed by atoms with van der Waals surface area (Å²) in [5, 5.41) is 13.4. The van der Waals surface area contributed by atoms with Gasteiger partial charge in [0.15, 0.2) is 0 Å². The molecule has 2 rings (SSSR count). The molecule has 2 aromatic rings. The molecule has 0 aliphatic rings. The highest BCUT2D eigenvalue weighted by atomic mass is 16.3. The predicted molar refractivity (Wildman–Crippen MR) is 84.0 cm³/mol. The average molecular weight is 285 g/mol. The Bertz CT molecular complexity index is 567. The van der Waals surface area contributed by atoms with Crippen molar-refractivity contribution < 1.29 is 5.11 Å². The third-order valence-corrected chi connectivity index (χ3v) is 3.47. The summed E-state index contributed by atoms with van der Waals surface area (Å²) < 4.78 is 0. The van der Waals surface area contributed by atoms with Crippen LogP contribution in [-0.2, 0) is 6.54 Å². The smallest absolute Gasteiger partial charge is 0.125 e. The van der Waals surface area contributed by atoms with Crippen molar-refractivity contribution in [2.24, 2.45) is 0 Å². The summed E-state index contributed by atoms with van der Waals surface area (Å²) in [6, 6.07) is 10.0. The molecule has 1 unspecified atom stereocenters. The Hall–Kier alpha value is -1.78. The SMILES string of the molecule is Cc1nccc(CNCC(O)c2ccc(C(C)C)cc2)n1. The fraction of sp³-hybridized carbons (Fsp3) is 0.412. The van der Waals surface area contributed by atoms with E-state index in [0.717, 1.165) is 17.1 Å². The third-order valence-electron chi connectivity index (χ3n) is 3.47. The van der Waals surface area contributed by atoms with Gasteiger partial charge in [0.1, 0.15) is 5.82 Å². The average Bonchev–Trinajstić information content (AvgIpc) is 2.47. The first kappa shape index (κ1) is 15.6. The van der Waals surface area contributed by atoms with Crippen LogP contribution in [0.1, 0.15) is 48.5 Å². The second-order valence-corrected chi connectivity index (χ2v) is 5.56. The van der Waals surface area contributed by atoms with E-state index in [0.29, 0.717) is 19.0 Å². The highest BCUT2D eigenvalue weighted by molar-refractivity contribution is 5.26. The standard InChI is InChI=1S/C17H23N3O/c1-12(2)14-4-6-15(7-5-14)17(21)11-18-10-16-8-9-19-13(3)20-16/h4-9,12,17-18,21H,10-11H2,1-3H3. The van der Waals surface area contributed by atoms with Crippen LogP contribution < -0.4 is 5.32 Å². The lowest BCUT2D eigenvalue weighted by atomic mass is 10.00. The number of aliphatic hydroxyl groups excluding tert-OH is 1. The maximum atomic E-state index is 10.2. The van der Waals surface area contributed by atoms with Gasteiger partial charge in [0.25, 0.3) is 0 Å². The molecule has 0 fully saturated rings. The molecular formula is C17H23N3O. The predicted octanol–water partition coefficient (Wildman–Crippen LogP) is 2.73. The molecule has 21 heavy (non-hydrogen) atoms. The Labute approximate surface area is 126 Å². The Morgan fingerprint density at radius 2 is 1.76 bits per heavy atom. The zero-order valence-electron chi connectivity index (χ0n) is 12.9. The topological polar surface area (TPSA) is 58.0 Å². The van der Waals surface area contributed by atoms with Gasteiger partial charge < -0.3 is 10.4 Å². The Morgan fingerprint density at radius 1 is 1.10 bits per heavy atom. The molecule has 0 aliphatic carbocycles. The molecule has 1 aromatic carbocycles. The molecule has 0 saturated heterocycles. The van der Waals surface area contributed by atoms with Crippen molar-refractivity contribution >= 4 is 0 Å². The lowest BCUT2D eigenvalue weighted by Gasteiger charge is -2.13. The molecule has 1 heterocycles. The molecule has 0 radical (unpaired) electrons. The molecule has 1 atom stereocenters. The van der Waals surface area contributed by atoms with Crippen molar-refractivity contribution in [1.29, 1.82) is 0 Å². The van der Waals surface area contributed by atoms with Crippen LogP contribution in [0, 0.1) is 6.92 Å². The van der Waals surface area contributed by atoms with E-state index in [1.807, 2.05) is 25.1 Å². The van der Waals surface area contributed by atoms with Gasteiger partial charge in [0.2, 0.25) is 0 Å². The van der Waals surface area contributed by atoms with Gasteiger partial charge in [-0.15, -0.1) is 0 Å². The van der Waals surface area contributed by atoms with E-state index in [9.17, 15) is 5.11 Å². The molecule has 0 spiro atoms. The van der Waals surface area contributed by atoms with Gasteiger partial charge in [0.05, 0.1) is 11.8 Å². The Kier molecular flexibility index (Phi) is 5.42. The summed E-state index contributed by atoms with van der Waals surface area (Å²) in [6.45, 7) is 7.33. The highest BCUT2D eigenvalue weighted by Crippen LogP contribution is 2.18. The van der Waals surface area contributed by atoms with Crippen LogP contribution in [0.15, 0.2) is 36.5 Å². The normalized spacial score (nSPS) is 12.6. The van der Waals surface area contributed by atoms with E-state index in [-0.39, 0.29) is 0 Å². The van der Waals surface area contributed by atoms with Crippen molar-refractivity contribution in [3.63, 3.8) is 0 Å². The summed E-state index contributed by atoms with van der Waals surface area (Å²) in [4.78, 5) is 8.38. The minimum Gasteiger partial charge on any atom is -0.387 e. The number of nitrogens with zero attached hydrogens (tertiary/aromatic N) is 2. The van der Waals surface area contributed by atoms with Crippen molar-refractivity contribution in [2.45, 2.75) is 39.3 Å². The van der Waals surface area contributed by atoms with Crippen LogP contribution in [0.4, 0.5) is 0 Å². The van der Waals surface area contributed by atoms with E-state index >= 15 is 0 Å². The number of nitrogens with one attached hydrogen (secondary N) is 1. The van der Waals surface area contributed by atoms with Gasteiger partial charge in [-0.1, -0.05) is 38.1 Å². The minimum atomic E-state index is -0.505. The van der Waals surface area contributed by atoms with Crippen molar-refractivity contribution in [2.75, 3.05) is 6.54 Å². The number of hydrogen-bond donors (Lipinski definition) is 2.